The van der Waals surface area contributed by atoms with Gasteiger partial charge in [-0.2, -0.15) is 0 Å². The van der Waals surface area contributed by atoms with E-state index in [1.165, 1.54) is 23.3 Å². The number of benzene rings is 1. The number of aromatic nitrogens is 1. The second kappa shape index (κ2) is 5.47. The Bertz CT molecular complexity index is 526. The lowest BCUT2D eigenvalue weighted by Crippen LogP contribution is -2.15. The lowest BCUT2D eigenvalue weighted by Gasteiger charge is -2.09. The summed E-state index contributed by atoms with van der Waals surface area (Å²) in [7, 11) is 0. The average Bonchev–Trinajstić information content (AvgIpc) is 3.06. The summed E-state index contributed by atoms with van der Waals surface area (Å²) in [6.45, 7) is 0.896. The van der Waals surface area contributed by atoms with Crippen LogP contribution in [0.4, 0.5) is 0 Å². The fraction of sp³-hybridized carbons (Fsp3) is 0.308. The minimum Gasteiger partial charge on any atom is -0.440 e. The van der Waals surface area contributed by atoms with Gasteiger partial charge in [-0.3, -0.25) is 0 Å². The SMILES string of the molecule is Brc1ccc(Sc2ncco2)c(CNC2CC2)c1. The van der Waals surface area contributed by atoms with Crippen molar-refractivity contribution < 1.29 is 4.42 Å². The molecule has 0 unspecified atom stereocenters. The zero-order valence-corrected chi connectivity index (χ0v) is 12.1. The third kappa shape index (κ3) is 3.16. The Morgan fingerprint density at radius 1 is 1.44 bits per heavy atom. The maximum atomic E-state index is 5.28. The molecule has 1 fully saturated rings. The van der Waals surface area contributed by atoms with E-state index in [1.807, 2.05) is 6.07 Å². The van der Waals surface area contributed by atoms with Gasteiger partial charge in [0.25, 0.3) is 5.22 Å². The molecule has 1 aromatic heterocycles. The van der Waals surface area contributed by atoms with E-state index in [4.69, 9.17) is 4.42 Å². The van der Waals surface area contributed by atoms with Gasteiger partial charge < -0.3 is 9.73 Å². The van der Waals surface area contributed by atoms with Crippen molar-refractivity contribution in [2.75, 3.05) is 0 Å². The molecule has 1 aliphatic rings. The third-order valence-electron chi connectivity index (χ3n) is 2.79. The molecule has 2 aromatic rings. The van der Waals surface area contributed by atoms with Crippen LogP contribution in [-0.2, 0) is 6.54 Å². The van der Waals surface area contributed by atoms with E-state index in [9.17, 15) is 0 Å². The lowest BCUT2D eigenvalue weighted by atomic mass is 10.2. The van der Waals surface area contributed by atoms with Crippen molar-refractivity contribution in [3.05, 3.63) is 40.7 Å². The first kappa shape index (κ1) is 12.3. The number of hydrogen-bond donors (Lipinski definition) is 1. The van der Waals surface area contributed by atoms with Crippen molar-refractivity contribution in [1.82, 2.24) is 10.3 Å². The van der Waals surface area contributed by atoms with Gasteiger partial charge in [0, 0.05) is 22.0 Å². The van der Waals surface area contributed by atoms with Crippen molar-refractivity contribution in [3.8, 4) is 0 Å². The fourth-order valence-electron chi connectivity index (χ4n) is 1.68. The van der Waals surface area contributed by atoms with Crippen molar-refractivity contribution in [2.45, 2.75) is 35.5 Å². The van der Waals surface area contributed by atoms with Crippen molar-refractivity contribution in [2.24, 2.45) is 0 Å². The van der Waals surface area contributed by atoms with Gasteiger partial charge in [-0.1, -0.05) is 15.9 Å². The van der Waals surface area contributed by atoms with E-state index < -0.39 is 0 Å². The molecule has 1 saturated carbocycles. The third-order valence-corrected chi connectivity index (χ3v) is 4.28. The van der Waals surface area contributed by atoms with Crippen LogP contribution in [0.15, 0.2) is 49.7 Å². The van der Waals surface area contributed by atoms with Crippen LogP contribution in [0.2, 0.25) is 0 Å². The molecule has 94 valence electrons. The van der Waals surface area contributed by atoms with E-state index in [0.29, 0.717) is 11.3 Å². The summed E-state index contributed by atoms with van der Waals surface area (Å²) >= 11 is 5.08. The zero-order chi connectivity index (χ0) is 12.4. The smallest absolute Gasteiger partial charge is 0.260 e. The maximum Gasteiger partial charge on any atom is 0.260 e. The number of hydrogen-bond acceptors (Lipinski definition) is 4. The van der Waals surface area contributed by atoms with Crippen molar-refractivity contribution in [1.29, 1.82) is 0 Å². The minimum absolute atomic E-state index is 0.685. The number of nitrogens with zero attached hydrogens (tertiary/aromatic N) is 1. The van der Waals surface area contributed by atoms with Crippen LogP contribution in [0, 0.1) is 0 Å². The van der Waals surface area contributed by atoms with Crippen LogP contribution >= 0.6 is 27.7 Å². The van der Waals surface area contributed by atoms with E-state index >= 15 is 0 Å². The molecule has 18 heavy (non-hydrogen) atoms. The Kier molecular flexibility index (Phi) is 3.72. The molecular weight excluding hydrogens is 312 g/mol. The summed E-state index contributed by atoms with van der Waals surface area (Å²) < 4.78 is 6.38. The van der Waals surface area contributed by atoms with Gasteiger partial charge in [0.05, 0.1) is 6.20 Å². The molecule has 0 radical (unpaired) electrons. The van der Waals surface area contributed by atoms with Crippen LogP contribution in [0.3, 0.4) is 0 Å². The Balaban J connectivity index is 1.77. The van der Waals surface area contributed by atoms with Crippen LogP contribution < -0.4 is 5.32 Å². The molecule has 1 N–H and O–H groups in total. The minimum atomic E-state index is 0.685. The van der Waals surface area contributed by atoms with Gasteiger partial charge in [-0.15, -0.1) is 0 Å². The van der Waals surface area contributed by atoms with E-state index in [2.05, 4.69) is 38.4 Å². The first-order chi connectivity index (χ1) is 8.81. The predicted octanol–water partition coefficient (Wildman–Crippen LogP) is 3.84. The van der Waals surface area contributed by atoms with Crippen LogP contribution in [0.1, 0.15) is 18.4 Å². The van der Waals surface area contributed by atoms with Gasteiger partial charge in [-0.05, 0) is 48.4 Å². The molecule has 1 aliphatic carbocycles. The van der Waals surface area contributed by atoms with Crippen LogP contribution in [-0.4, -0.2) is 11.0 Å². The lowest BCUT2D eigenvalue weighted by molar-refractivity contribution is 0.454. The van der Waals surface area contributed by atoms with Crippen LogP contribution in [0.5, 0.6) is 0 Å². The second-order valence-corrected chi connectivity index (χ2v) is 6.22. The second-order valence-electron chi connectivity index (χ2n) is 4.31. The normalized spacial score (nSPS) is 14.9. The topological polar surface area (TPSA) is 38.1 Å². The molecule has 3 rings (SSSR count). The monoisotopic (exact) mass is 324 g/mol. The van der Waals surface area contributed by atoms with E-state index in [-0.39, 0.29) is 0 Å². The number of nitrogens with one attached hydrogen (secondary N) is 1. The predicted molar refractivity (Wildman–Crippen MR) is 74.6 cm³/mol. The molecule has 0 saturated heterocycles. The summed E-state index contributed by atoms with van der Waals surface area (Å²) in [6.07, 6.45) is 5.87. The molecular formula is C13H13BrN2OS. The average molecular weight is 325 g/mol. The van der Waals surface area contributed by atoms with Gasteiger partial charge >= 0.3 is 0 Å². The molecule has 3 nitrogen and oxygen atoms in total. The Hall–Kier alpha value is -0.780. The molecule has 0 amide bonds. The highest BCUT2D eigenvalue weighted by atomic mass is 79.9. The van der Waals surface area contributed by atoms with E-state index in [0.717, 1.165) is 11.0 Å². The first-order valence-corrected chi connectivity index (χ1v) is 7.51. The fourth-order valence-corrected chi connectivity index (χ4v) is 2.89. The summed E-state index contributed by atoms with van der Waals surface area (Å²) in [5.41, 5.74) is 1.28. The molecule has 0 aliphatic heterocycles. The molecule has 1 aromatic carbocycles. The summed E-state index contributed by atoms with van der Waals surface area (Å²) in [5.74, 6) is 0. The molecule has 0 atom stereocenters. The van der Waals surface area contributed by atoms with Gasteiger partial charge in [-0.25, -0.2) is 4.98 Å². The number of halogens is 1. The highest BCUT2D eigenvalue weighted by molar-refractivity contribution is 9.10. The molecule has 1 heterocycles. The summed E-state index contributed by atoms with van der Waals surface area (Å²) in [4.78, 5) is 5.34. The van der Waals surface area contributed by atoms with Gasteiger partial charge in [0.15, 0.2) is 0 Å². The standard InChI is InChI=1S/C13H13BrN2OS/c14-10-1-4-12(18-13-15-5-6-17-13)9(7-10)8-16-11-2-3-11/h1,4-7,11,16H,2-3,8H2. The maximum absolute atomic E-state index is 5.28. The highest BCUT2D eigenvalue weighted by Gasteiger charge is 2.20. The number of rotatable bonds is 5. The Labute approximate surface area is 118 Å². The number of oxazole rings is 1. The Morgan fingerprint density at radius 3 is 3.06 bits per heavy atom. The Morgan fingerprint density at radius 2 is 2.33 bits per heavy atom. The molecule has 0 spiro atoms. The molecule has 5 heteroatoms. The quantitative estimate of drug-likeness (QED) is 0.906. The van der Waals surface area contributed by atoms with Crippen molar-refractivity contribution in [3.63, 3.8) is 0 Å². The van der Waals surface area contributed by atoms with Gasteiger partial charge in [0.2, 0.25) is 0 Å². The summed E-state index contributed by atoms with van der Waals surface area (Å²) in [5, 5.41) is 4.22. The van der Waals surface area contributed by atoms with Gasteiger partial charge in [0.1, 0.15) is 6.26 Å². The van der Waals surface area contributed by atoms with Crippen molar-refractivity contribution >= 4 is 27.7 Å². The highest BCUT2D eigenvalue weighted by Crippen LogP contribution is 2.31. The largest absolute Gasteiger partial charge is 0.440 e. The molecule has 0 bridgehead atoms. The van der Waals surface area contributed by atoms with Crippen LogP contribution in [0.25, 0.3) is 0 Å². The van der Waals surface area contributed by atoms with E-state index in [1.54, 1.807) is 24.2 Å². The zero-order valence-electron chi connectivity index (χ0n) is 9.73. The summed E-state index contributed by atoms with van der Waals surface area (Å²) in [6, 6.07) is 7.01. The first-order valence-electron chi connectivity index (χ1n) is 5.90.